The van der Waals surface area contributed by atoms with Gasteiger partial charge in [0.15, 0.2) is 0 Å². The van der Waals surface area contributed by atoms with Gasteiger partial charge >= 0.3 is 5.97 Å². The van der Waals surface area contributed by atoms with Crippen LogP contribution in [0.4, 0.5) is 0 Å². The van der Waals surface area contributed by atoms with E-state index in [1.165, 1.54) is 16.8 Å². The summed E-state index contributed by atoms with van der Waals surface area (Å²) in [6.45, 7) is 0.188. The predicted octanol–water partition coefficient (Wildman–Crippen LogP) is 0.406. The number of ether oxygens (including phenoxy) is 1. The van der Waals surface area contributed by atoms with E-state index in [-0.39, 0.29) is 17.5 Å². The second-order valence-electron chi connectivity index (χ2n) is 5.25. The first kappa shape index (κ1) is 17.6. The van der Waals surface area contributed by atoms with Crippen molar-refractivity contribution < 1.29 is 17.9 Å². The van der Waals surface area contributed by atoms with Gasteiger partial charge in [-0.3, -0.25) is 4.79 Å². The average Bonchev–Trinajstić information content (AvgIpc) is 3.26. The summed E-state index contributed by atoms with van der Waals surface area (Å²) in [7, 11) is -3.73. The molecule has 5 radical (unpaired) electrons. The molecule has 0 spiro atoms. The van der Waals surface area contributed by atoms with Gasteiger partial charge in [0.25, 0.3) is 0 Å². The highest BCUT2D eigenvalue weighted by molar-refractivity contribution is 7.89. The lowest BCUT2D eigenvalue weighted by Crippen LogP contribution is -2.15. The zero-order valence-electron chi connectivity index (χ0n) is 13.1. The van der Waals surface area contributed by atoms with E-state index in [9.17, 15) is 13.2 Å². The van der Waals surface area contributed by atoms with Crippen LogP contribution in [0.3, 0.4) is 0 Å². The van der Waals surface area contributed by atoms with Crippen molar-refractivity contribution in [2.75, 3.05) is 6.61 Å². The standard InChI is InChI=1S/C16H15N4O4S/c17-25(22,23)15-7-5-14(6-8-15)20-11-13(18-19-20)9-10-24-16(21)12-3-1-2-4-12/h1-8,11H,9-10H2,(H2,17,22,23). The number of nitrogens with zero attached hydrogens (tertiary/aromatic N) is 3. The van der Waals surface area contributed by atoms with Crippen molar-refractivity contribution in [1.29, 1.82) is 0 Å². The van der Waals surface area contributed by atoms with Crippen molar-refractivity contribution in [2.45, 2.75) is 11.3 Å². The van der Waals surface area contributed by atoms with E-state index in [2.05, 4.69) is 10.3 Å². The summed E-state index contributed by atoms with van der Waals surface area (Å²) in [5.41, 5.74) is 1.28. The highest BCUT2D eigenvalue weighted by Gasteiger charge is 2.25. The van der Waals surface area contributed by atoms with Crippen LogP contribution in [0.15, 0.2) is 35.4 Å². The highest BCUT2D eigenvalue weighted by atomic mass is 32.2. The Kier molecular flexibility index (Phi) is 5.14. The van der Waals surface area contributed by atoms with Crippen molar-refractivity contribution in [3.05, 3.63) is 67.8 Å². The molecule has 25 heavy (non-hydrogen) atoms. The lowest BCUT2D eigenvalue weighted by Gasteiger charge is -2.07. The number of hydrogen-bond acceptors (Lipinski definition) is 6. The van der Waals surface area contributed by atoms with Crippen molar-refractivity contribution >= 4 is 16.0 Å². The third-order valence-corrected chi connectivity index (χ3v) is 4.39. The van der Waals surface area contributed by atoms with Crippen LogP contribution in [0.1, 0.15) is 5.69 Å². The number of carbonyl (C=O) groups is 1. The molecule has 1 heterocycles. The predicted molar refractivity (Wildman–Crippen MR) is 87.8 cm³/mol. The molecule has 2 N–H and O–H groups in total. The molecule has 2 aromatic rings. The minimum atomic E-state index is -3.73. The number of esters is 1. The third kappa shape index (κ3) is 4.43. The second kappa shape index (κ2) is 7.32. The van der Waals surface area contributed by atoms with Gasteiger partial charge in [-0.1, -0.05) is 5.21 Å². The summed E-state index contributed by atoms with van der Waals surface area (Å²) in [5.74, 6) is 0.134. The fourth-order valence-corrected chi connectivity index (χ4v) is 2.68. The first-order valence-corrected chi connectivity index (χ1v) is 8.91. The number of benzene rings is 1. The Bertz CT molecular complexity index is 839. The fourth-order valence-electron chi connectivity index (χ4n) is 2.17. The van der Waals surface area contributed by atoms with E-state index in [1.807, 2.05) is 0 Å². The van der Waals surface area contributed by atoms with Gasteiger partial charge < -0.3 is 4.74 Å². The Morgan fingerprint density at radius 1 is 1.16 bits per heavy atom. The summed E-state index contributed by atoms with van der Waals surface area (Å²) in [6.07, 6.45) is 9.00. The van der Waals surface area contributed by atoms with Crippen LogP contribution < -0.4 is 5.14 Å². The zero-order chi connectivity index (χ0) is 17.9. The molecule has 1 saturated carbocycles. The van der Waals surface area contributed by atoms with Gasteiger partial charge in [0, 0.05) is 6.42 Å². The van der Waals surface area contributed by atoms with Crippen LogP contribution in [0.25, 0.3) is 5.69 Å². The molecule has 9 heteroatoms. The normalized spacial score (nSPS) is 15.4. The van der Waals surface area contributed by atoms with E-state index in [0.29, 0.717) is 23.7 Å². The average molecular weight is 359 g/mol. The topological polar surface area (TPSA) is 117 Å². The van der Waals surface area contributed by atoms with E-state index in [1.54, 1.807) is 44.0 Å². The Morgan fingerprint density at radius 2 is 1.84 bits per heavy atom. The van der Waals surface area contributed by atoms with Gasteiger partial charge in [-0.15, -0.1) is 5.10 Å². The molecule has 1 aromatic carbocycles. The van der Waals surface area contributed by atoms with Crippen LogP contribution in [0.5, 0.6) is 0 Å². The van der Waals surface area contributed by atoms with Crippen LogP contribution >= 0.6 is 0 Å². The molecule has 1 aliphatic rings. The summed E-state index contributed by atoms with van der Waals surface area (Å²) < 4.78 is 29.2. The third-order valence-electron chi connectivity index (χ3n) is 3.46. The summed E-state index contributed by atoms with van der Waals surface area (Å²) in [4.78, 5) is 11.7. The maximum absolute atomic E-state index is 11.7. The Labute approximate surface area is 146 Å². The molecule has 1 aromatic heterocycles. The van der Waals surface area contributed by atoms with Crippen LogP contribution in [0.2, 0.25) is 0 Å². The first-order valence-electron chi connectivity index (χ1n) is 7.37. The molecule has 3 rings (SSSR count). The fraction of sp³-hybridized carbons (Fsp3) is 0.125. The Morgan fingerprint density at radius 3 is 2.48 bits per heavy atom. The molecular weight excluding hydrogens is 344 g/mol. The van der Waals surface area contributed by atoms with Gasteiger partial charge in [0.2, 0.25) is 10.0 Å². The summed E-state index contributed by atoms with van der Waals surface area (Å²) >= 11 is 0. The highest BCUT2D eigenvalue weighted by Crippen LogP contribution is 2.24. The molecule has 0 atom stereocenters. The smallest absolute Gasteiger partial charge is 0.313 e. The number of hydrogen-bond donors (Lipinski definition) is 1. The quantitative estimate of drug-likeness (QED) is 0.746. The molecule has 0 aliphatic heterocycles. The van der Waals surface area contributed by atoms with Crippen molar-refractivity contribution in [2.24, 2.45) is 5.14 Å². The monoisotopic (exact) mass is 359 g/mol. The van der Waals surface area contributed by atoms with E-state index < -0.39 is 10.0 Å². The largest absolute Gasteiger partial charge is 0.465 e. The maximum Gasteiger partial charge on any atom is 0.313 e. The molecule has 8 nitrogen and oxygen atoms in total. The van der Waals surface area contributed by atoms with Gasteiger partial charge in [-0.2, -0.15) is 0 Å². The molecule has 0 saturated heterocycles. The van der Waals surface area contributed by atoms with Crippen molar-refractivity contribution in [3.63, 3.8) is 0 Å². The molecular formula is C16H15N4O4S. The Balaban J connectivity index is 1.56. The minimum Gasteiger partial charge on any atom is -0.465 e. The van der Waals surface area contributed by atoms with Crippen LogP contribution in [0, 0.1) is 31.6 Å². The van der Waals surface area contributed by atoms with E-state index in [0.717, 1.165) is 0 Å². The van der Waals surface area contributed by atoms with Crippen LogP contribution in [-0.4, -0.2) is 36.0 Å². The molecule has 0 amide bonds. The van der Waals surface area contributed by atoms with Gasteiger partial charge in [-0.05, 0) is 49.9 Å². The van der Waals surface area contributed by atoms with Gasteiger partial charge in [-0.25, -0.2) is 18.2 Å². The maximum atomic E-state index is 11.7. The molecule has 0 unspecified atom stereocenters. The van der Waals surface area contributed by atoms with Gasteiger partial charge in [0.05, 0.1) is 35.0 Å². The van der Waals surface area contributed by atoms with E-state index in [4.69, 9.17) is 9.88 Å². The number of rotatable bonds is 6. The lowest BCUT2D eigenvalue weighted by atomic mass is 10.1. The minimum absolute atomic E-state index is 0.0241. The summed E-state index contributed by atoms with van der Waals surface area (Å²) in [6, 6.07) is 5.95. The number of aromatic nitrogens is 3. The molecule has 1 aliphatic carbocycles. The molecule has 129 valence electrons. The number of primary sulfonamides is 1. The van der Waals surface area contributed by atoms with Crippen molar-refractivity contribution in [1.82, 2.24) is 15.0 Å². The first-order chi connectivity index (χ1) is 11.9. The Hall–Kier alpha value is -2.26. The number of nitrogens with two attached hydrogens (primary N) is 1. The number of carbonyl (C=O) groups excluding carboxylic acids is 1. The van der Waals surface area contributed by atoms with Crippen LogP contribution in [-0.2, 0) is 26.0 Å². The SMILES string of the molecule is NS(=O)(=O)c1ccc(-n2cc(CCOC(=O)[C]3[CH][CH][CH][CH]3)nn2)cc1. The summed E-state index contributed by atoms with van der Waals surface area (Å²) in [5, 5.41) is 13.0. The molecule has 0 bridgehead atoms. The van der Waals surface area contributed by atoms with Crippen molar-refractivity contribution in [3.8, 4) is 5.69 Å². The second-order valence-corrected chi connectivity index (χ2v) is 6.81. The zero-order valence-corrected chi connectivity index (χ0v) is 13.9. The number of sulfonamides is 1. The van der Waals surface area contributed by atoms with Gasteiger partial charge in [0.1, 0.15) is 0 Å². The van der Waals surface area contributed by atoms with E-state index >= 15 is 0 Å². The lowest BCUT2D eigenvalue weighted by molar-refractivity contribution is -0.140. The molecule has 1 fully saturated rings.